The third kappa shape index (κ3) is 3.89. The zero-order valence-electron chi connectivity index (χ0n) is 6.81. The molecule has 0 aliphatic heterocycles. The van der Waals surface area contributed by atoms with E-state index >= 15 is 0 Å². The maximum absolute atomic E-state index is 4.05. The van der Waals surface area contributed by atoms with Gasteiger partial charge in [0, 0.05) is 13.3 Å². The zero-order valence-corrected chi connectivity index (χ0v) is 6.81. The molecule has 0 aromatic carbocycles. The molecule has 0 rings (SSSR count). The first-order valence-corrected chi connectivity index (χ1v) is 3.24. The van der Waals surface area contributed by atoms with Crippen LogP contribution in [0.3, 0.4) is 0 Å². The Balaban J connectivity index is 4.18. The molecule has 0 radical (unpaired) electrons. The summed E-state index contributed by atoms with van der Waals surface area (Å²) in [5.74, 6) is 0.843. The van der Waals surface area contributed by atoms with Crippen molar-refractivity contribution in [1.29, 1.82) is 0 Å². The molecular formula is C8H14N2. The number of hydrogen-bond acceptors (Lipinski definition) is 2. The van der Waals surface area contributed by atoms with Crippen molar-refractivity contribution in [2.45, 2.75) is 13.8 Å². The minimum Gasteiger partial charge on any atom is -0.373 e. The third-order valence-corrected chi connectivity index (χ3v) is 0.907. The molecule has 0 unspecified atom stereocenters. The minimum absolute atomic E-state index is 0.843. The standard InChI is InChI=1S/C8H14N2/c1-5-10-8(9-4)6-7(2)3/h5-6,9H,2H2,1,3-4H3/b8-6-,10-5-. The fourth-order valence-electron chi connectivity index (χ4n) is 0.546. The van der Waals surface area contributed by atoms with Gasteiger partial charge in [0.25, 0.3) is 0 Å². The second kappa shape index (κ2) is 4.79. The third-order valence-electron chi connectivity index (χ3n) is 0.907. The topological polar surface area (TPSA) is 24.4 Å². The highest BCUT2D eigenvalue weighted by molar-refractivity contribution is 5.55. The van der Waals surface area contributed by atoms with E-state index in [0.29, 0.717) is 0 Å². The Morgan fingerprint density at radius 1 is 1.60 bits per heavy atom. The zero-order chi connectivity index (χ0) is 7.98. The number of nitrogens with one attached hydrogen (secondary N) is 1. The molecule has 10 heavy (non-hydrogen) atoms. The van der Waals surface area contributed by atoms with Crippen LogP contribution in [0, 0.1) is 0 Å². The summed E-state index contributed by atoms with van der Waals surface area (Å²) < 4.78 is 0. The second-order valence-corrected chi connectivity index (χ2v) is 2.01. The molecule has 0 aliphatic carbocycles. The Hall–Kier alpha value is -1.05. The minimum atomic E-state index is 0.843. The number of allylic oxidation sites excluding steroid dienone is 2. The van der Waals surface area contributed by atoms with Crippen molar-refractivity contribution >= 4 is 6.21 Å². The molecule has 0 amide bonds. The summed E-state index contributed by atoms with van der Waals surface area (Å²) in [6, 6.07) is 0. The first kappa shape index (κ1) is 8.95. The van der Waals surface area contributed by atoms with E-state index in [2.05, 4.69) is 16.9 Å². The van der Waals surface area contributed by atoms with E-state index in [-0.39, 0.29) is 0 Å². The highest BCUT2D eigenvalue weighted by Crippen LogP contribution is 1.96. The molecule has 0 fully saturated rings. The van der Waals surface area contributed by atoms with Gasteiger partial charge >= 0.3 is 0 Å². The van der Waals surface area contributed by atoms with Gasteiger partial charge < -0.3 is 5.32 Å². The van der Waals surface area contributed by atoms with Gasteiger partial charge in [-0.05, 0) is 19.9 Å². The van der Waals surface area contributed by atoms with E-state index in [4.69, 9.17) is 0 Å². The van der Waals surface area contributed by atoms with Gasteiger partial charge in [-0.25, -0.2) is 4.99 Å². The highest BCUT2D eigenvalue weighted by atomic mass is 15.0. The maximum atomic E-state index is 4.05. The molecular weight excluding hydrogens is 124 g/mol. The summed E-state index contributed by atoms with van der Waals surface area (Å²) >= 11 is 0. The molecule has 0 atom stereocenters. The van der Waals surface area contributed by atoms with Crippen molar-refractivity contribution < 1.29 is 0 Å². The van der Waals surface area contributed by atoms with Crippen LogP contribution < -0.4 is 5.32 Å². The van der Waals surface area contributed by atoms with Gasteiger partial charge in [0.1, 0.15) is 5.82 Å². The molecule has 0 spiro atoms. The van der Waals surface area contributed by atoms with E-state index in [9.17, 15) is 0 Å². The largest absolute Gasteiger partial charge is 0.373 e. The van der Waals surface area contributed by atoms with Gasteiger partial charge in [-0.15, -0.1) is 0 Å². The van der Waals surface area contributed by atoms with Crippen LogP contribution in [0.25, 0.3) is 0 Å². The second-order valence-electron chi connectivity index (χ2n) is 2.01. The predicted octanol–water partition coefficient (Wildman–Crippen LogP) is 1.71. The Kier molecular flexibility index (Phi) is 4.29. The number of nitrogens with zero attached hydrogens (tertiary/aromatic N) is 1. The molecule has 2 nitrogen and oxygen atoms in total. The Morgan fingerprint density at radius 3 is 2.50 bits per heavy atom. The molecule has 1 N–H and O–H groups in total. The van der Waals surface area contributed by atoms with E-state index in [0.717, 1.165) is 11.4 Å². The molecule has 56 valence electrons. The lowest BCUT2D eigenvalue weighted by Crippen LogP contribution is -2.03. The van der Waals surface area contributed by atoms with Gasteiger partial charge in [0.2, 0.25) is 0 Å². The fourth-order valence-corrected chi connectivity index (χ4v) is 0.546. The molecule has 0 aliphatic rings. The van der Waals surface area contributed by atoms with Crippen LogP contribution in [-0.4, -0.2) is 13.3 Å². The van der Waals surface area contributed by atoms with Gasteiger partial charge in [-0.2, -0.15) is 0 Å². The van der Waals surface area contributed by atoms with Crippen molar-refractivity contribution in [2.24, 2.45) is 4.99 Å². The van der Waals surface area contributed by atoms with Crippen LogP contribution in [0.15, 0.2) is 29.0 Å². The van der Waals surface area contributed by atoms with Crippen LogP contribution in [0.1, 0.15) is 13.8 Å². The van der Waals surface area contributed by atoms with Crippen molar-refractivity contribution in [3.8, 4) is 0 Å². The summed E-state index contributed by atoms with van der Waals surface area (Å²) in [5.41, 5.74) is 0.995. The van der Waals surface area contributed by atoms with Gasteiger partial charge in [-0.1, -0.05) is 12.2 Å². The van der Waals surface area contributed by atoms with Crippen molar-refractivity contribution in [2.75, 3.05) is 7.05 Å². The molecule has 0 aromatic rings. The average molecular weight is 138 g/mol. The Labute approximate surface area is 62.4 Å². The highest BCUT2D eigenvalue weighted by Gasteiger charge is 1.84. The summed E-state index contributed by atoms with van der Waals surface area (Å²) in [6.45, 7) is 7.55. The molecule has 0 heterocycles. The van der Waals surface area contributed by atoms with Crippen LogP contribution in [0.5, 0.6) is 0 Å². The van der Waals surface area contributed by atoms with Crippen molar-refractivity contribution in [3.63, 3.8) is 0 Å². The molecule has 2 heteroatoms. The van der Waals surface area contributed by atoms with E-state index < -0.39 is 0 Å². The lowest BCUT2D eigenvalue weighted by Gasteiger charge is -1.97. The summed E-state index contributed by atoms with van der Waals surface area (Å²) in [7, 11) is 1.84. The molecule has 0 bridgehead atoms. The van der Waals surface area contributed by atoms with Gasteiger partial charge in [0.15, 0.2) is 0 Å². The SMILES string of the molecule is C=C(C)/C=C(\N=C/C)NC. The number of aliphatic imine (C=N–C) groups is 1. The Morgan fingerprint density at radius 2 is 2.20 bits per heavy atom. The van der Waals surface area contributed by atoms with E-state index in [1.165, 1.54) is 0 Å². The number of rotatable bonds is 3. The quantitative estimate of drug-likeness (QED) is 0.466. The molecule has 0 saturated heterocycles. The van der Waals surface area contributed by atoms with Crippen LogP contribution in [0.2, 0.25) is 0 Å². The molecule has 0 saturated carbocycles. The Bertz CT molecular complexity index is 166. The normalized spacial score (nSPS) is 12.1. The van der Waals surface area contributed by atoms with Crippen LogP contribution >= 0.6 is 0 Å². The van der Waals surface area contributed by atoms with E-state index in [1.807, 2.05) is 27.0 Å². The monoisotopic (exact) mass is 138 g/mol. The first-order chi connectivity index (χ1) is 4.70. The van der Waals surface area contributed by atoms with Gasteiger partial charge in [-0.3, -0.25) is 0 Å². The van der Waals surface area contributed by atoms with Crippen LogP contribution in [-0.2, 0) is 0 Å². The maximum Gasteiger partial charge on any atom is 0.125 e. The first-order valence-electron chi connectivity index (χ1n) is 3.24. The smallest absolute Gasteiger partial charge is 0.125 e. The number of hydrogen-bond donors (Lipinski definition) is 1. The van der Waals surface area contributed by atoms with Crippen molar-refractivity contribution in [3.05, 3.63) is 24.0 Å². The van der Waals surface area contributed by atoms with Gasteiger partial charge in [0.05, 0.1) is 0 Å². The summed E-state index contributed by atoms with van der Waals surface area (Å²) in [6.07, 6.45) is 3.63. The summed E-state index contributed by atoms with van der Waals surface area (Å²) in [5, 5.41) is 2.94. The predicted molar refractivity (Wildman–Crippen MR) is 46.1 cm³/mol. The van der Waals surface area contributed by atoms with Crippen LogP contribution in [0.4, 0.5) is 0 Å². The average Bonchev–Trinajstić information content (AvgIpc) is 1.86. The van der Waals surface area contributed by atoms with Crippen molar-refractivity contribution in [1.82, 2.24) is 5.32 Å². The van der Waals surface area contributed by atoms with E-state index in [1.54, 1.807) is 6.21 Å². The molecule has 0 aromatic heterocycles. The lowest BCUT2D eigenvalue weighted by atomic mass is 10.3. The lowest BCUT2D eigenvalue weighted by molar-refractivity contribution is 0.964. The summed E-state index contributed by atoms with van der Waals surface area (Å²) in [4.78, 5) is 4.05. The fraction of sp³-hybridized carbons (Fsp3) is 0.375.